The van der Waals surface area contributed by atoms with E-state index in [4.69, 9.17) is 9.47 Å². The molecule has 6 atom stereocenters. The molecule has 2 bridgehead atoms. The van der Waals surface area contributed by atoms with Gasteiger partial charge in [-0.3, -0.25) is 4.79 Å². The van der Waals surface area contributed by atoms with E-state index >= 15 is 0 Å². The van der Waals surface area contributed by atoms with Gasteiger partial charge in [-0.15, -0.1) is 0 Å². The molecule has 6 nitrogen and oxygen atoms in total. The zero-order valence-electron chi connectivity index (χ0n) is 23.3. The number of aromatic nitrogens is 1. The molecule has 38 heavy (non-hydrogen) atoms. The number of benzene rings is 1. The van der Waals surface area contributed by atoms with Crippen LogP contribution < -0.4 is 0 Å². The molecule has 0 amide bonds. The summed E-state index contributed by atoms with van der Waals surface area (Å²) in [6.45, 7) is 11.9. The molecule has 1 spiro atoms. The Hall–Kier alpha value is -2.25. The molecule has 6 heteroatoms. The van der Waals surface area contributed by atoms with Crippen LogP contribution in [0.15, 0.2) is 35.9 Å². The molecule has 2 aliphatic heterocycles. The second-order valence-electron chi connectivity index (χ2n) is 14.0. The Kier molecular flexibility index (Phi) is 4.62. The average molecular weight is 518 g/mol. The van der Waals surface area contributed by atoms with Crippen molar-refractivity contribution in [1.82, 2.24) is 4.98 Å². The van der Waals surface area contributed by atoms with E-state index in [0.29, 0.717) is 24.3 Å². The molecule has 2 aromatic rings. The van der Waals surface area contributed by atoms with Crippen molar-refractivity contribution < 1.29 is 24.5 Å². The van der Waals surface area contributed by atoms with Crippen LogP contribution in [0.5, 0.6) is 0 Å². The second-order valence-corrected chi connectivity index (χ2v) is 14.0. The fraction of sp³-hybridized carbons (Fsp3) is 0.594. The average Bonchev–Trinajstić information content (AvgIpc) is 3.41. The molecule has 3 heterocycles. The Morgan fingerprint density at radius 2 is 1.89 bits per heavy atom. The molecule has 3 fully saturated rings. The summed E-state index contributed by atoms with van der Waals surface area (Å²) < 4.78 is 12.9. The third kappa shape index (κ3) is 2.85. The number of nitrogens with one attached hydrogen (secondary N) is 1. The highest BCUT2D eigenvalue weighted by Gasteiger charge is 2.75. The maximum absolute atomic E-state index is 13.2. The van der Waals surface area contributed by atoms with Crippen LogP contribution in [0.1, 0.15) is 84.0 Å². The molecule has 1 aromatic carbocycles. The van der Waals surface area contributed by atoms with Crippen LogP contribution in [0.25, 0.3) is 17.0 Å². The van der Waals surface area contributed by atoms with Crippen LogP contribution in [0.2, 0.25) is 0 Å². The lowest BCUT2D eigenvalue weighted by molar-refractivity contribution is -0.247. The van der Waals surface area contributed by atoms with Gasteiger partial charge in [-0.25, -0.2) is 0 Å². The Labute approximate surface area is 224 Å². The zero-order valence-corrected chi connectivity index (χ0v) is 23.3. The van der Waals surface area contributed by atoms with E-state index < -0.39 is 34.1 Å². The van der Waals surface area contributed by atoms with Crippen LogP contribution >= 0.6 is 0 Å². The maximum atomic E-state index is 13.2. The SMILES string of the molecule is CC(C)(O)/C=C/c1ccc2[nH]c3c(c2c1)C[C@@H]1CC[C@@]2(O)C4=CC(=O)[C@@H]5O[C@@]4(CC[C@]2(C)[C@@]31C)OC5(C)C. The largest absolute Gasteiger partial charge is 0.386 e. The van der Waals surface area contributed by atoms with Gasteiger partial charge in [-0.2, -0.15) is 0 Å². The minimum Gasteiger partial charge on any atom is -0.386 e. The first kappa shape index (κ1) is 24.8. The number of aromatic amines is 1. The van der Waals surface area contributed by atoms with Crippen LogP contribution in [0, 0.1) is 11.3 Å². The lowest BCUT2D eigenvalue weighted by atomic mass is 9.42. The molecule has 7 rings (SSSR count). The van der Waals surface area contributed by atoms with Gasteiger partial charge in [0.15, 0.2) is 17.7 Å². The number of ether oxygens (including phenoxy) is 2. The summed E-state index contributed by atoms with van der Waals surface area (Å²) >= 11 is 0. The summed E-state index contributed by atoms with van der Waals surface area (Å²) in [6, 6.07) is 6.40. The minimum atomic E-state index is -1.21. The van der Waals surface area contributed by atoms with E-state index in [1.807, 2.05) is 26.0 Å². The summed E-state index contributed by atoms with van der Waals surface area (Å²) in [5.74, 6) is -0.742. The van der Waals surface area contributed by atoms with E-state index in [1.54, 1.807) is 19.9 Å². The highest BCUT2D eigenvalue weighted by atomic mass is 16.8. The predicted octanol–water partition coefficient (Wildman–Crippen LogP) is 5.11. The number of hydrogen-bond acceptors (Lipinski definition) is 5. The summed E-state index contributed by atoms with van der Waals surface area (Å²) in [5, 5.41) is 24.1. The highest BCUT2D eigenvalue weighted by molar-refractivity contribution is 5.97. The number of aliphatic hydroxyl groups is 2. The van der Waals surface area contributed by atoms with Crippen molar-refractivity contribution in [3.8, 4) is 0 Å². The molecule has 2 saturated carbocycles. The summed E-state index contributed by atoms with van der Waals surface area (Å²) in [4.78, 5) is 17.0. The van der Waals surface area contributed by atoms with Crippen LogP contribution in [-0.4, -0.2) is 49.7 Å². The first-order chi connectivity index (χ1) is 17.6. The normalized spacial score (nSPS) is 41.2. The number of rotatable bonds is 2. The number of H-pyrrole nitrogens is 1. The molecular formula is C32H39NO5. The minimum absolute atomic E-state index is 0.104. The first-order valence-corrected chi connectivity index (χ1v) is 14.1. The van der Waals surface area contributed by atoms with Crippen molar-refractivity contribution in [2.45, 2.75) is 108 Å². The molecule has 1 saturated heterocycles. The standard InChI is InChI=1S/C32H39NO5/c1-27(2,35)11-9-18-7-8-22-20(15-18)21-16-19-10-12-31(36)24-17-23(34)26-28(3,4)38-32(24,37-26)14-13-29(31,5)30(19,6)25(21)33-22/h7-9,11,15,17,19,26,33,35-36H,10,12-14,16H2,1-6H3/b11-9+/t19-,26-,29+,30+,31+,32-/m0/s1. The van der Waals surface area contributed by atoms with Gasteiger partial charge < -0.3 is 24.7 Å². The Balaban J connectivity index is 1.35. The van der Waals surface area contributed by atoms with Gasteiger partial charge in [-0.05, 0) is 88.6 Å². The van der Waals surface area contributed by atoms with Crippen molar-refractivity contribution in [2.24, 2.45) is 11.3 Å². The van der Waals surface area contributed by atoms with Crippen LogP contribution in [0.3, 0.4) is 0 Å². The number of carbonyl (C=O) groups is 1. The van der Waals surface area contributed by atoms with Gasteiger partial charge in [0.2, 0.25) is 0 Å². The zero-order chi connectivity index (χ0) is 27.1. The summed E-state index contributed by atoms with van der Waals surface area (Å²) in [6.07, 6.45) is 8.61. The van der Waals surface area contributed by atoms with E-state index in [1.165, 1.54) is 16.6 Å². The summed E-state index contributed by atoms with van der Waals surface area (Å²) in [5.41, 5.74) is 1.71. The van der Waals surface area contributed by atoms with Crippen molar-refractivity contribution in [3.05, 3.63) is 52.7 Å². The Morgan fingerprint density at radius 3 is 2.63 bits per heavy atom. The quantitative estimate of drug-likeness (QED) is 0.515. The van der Waals surface area contributed by atoms with Gasteiger partial charge >= 0.3 is 0 Å². The fourth-order valence-corrected chi connectivity index (χ4v) is 8.86. The second kappa shape index (κ2) is 7.08. The van der Waals surface area contributed by atoms with E-state index in [9.17, 15) is 15.0 Å². The number of carbonyl (C=O) groups excluding carboxylic acids is 1. The highest BCUT2D eigenvalue weighted by Crippen LogP contribution is 2.71. The van der Waals surface area contributed by atoms with Gasteiger partial charge in [0.1, 0.15) is 5.60 Å². The van der Waals surface area contributed by atoms with Crippen molar-refractivity contribution >= 4 is 22.8 Å². The number of ketones is 1. The van der Waals surface area contributed by atoms with Crippen molar-refractivity contribution in [2.75, 3.05) is 0 Å². The van der Waals surface area contributed by atoms with Crippen molar-refractivity contribution in [3.63, 3.8) is 0 Å². The van der Waals surface area contributed by atoms with Gasteiger partial charge in [0.25, 0.3) is 0 Å². The predicted molar refractivity (Wildman–Crippen MR) is 146 cm³/mol. The Morgan fingerprint density at radius 1 is 1.13 bits per heavy atom. The topological polar surface area (TPSA) is 91.8 Å². The third-order valence-corrected chi connectivity index (χ3v) is 11.0. The molecule has 202 valence electrons. The first-order valence-electron chi connectivity index (χ1n) is 14.1. The molecular weight excluding hydrogens is 478 g/mol. The van der Waals surface area contributed by atoms with E-state index in [2.05, 4.69) is 37.0 Å². The van der Waals surface area contributed by atoms with Gasteiger partial charge in [0, 0.05) is 39.4 Å². The number of hydrogen-bond donors (Lipinski definition) is 3. The molecule has 0 unspecified atom stereocenters. The maximum Gasteiger partial charge on any atom is 0.195 e. The number of fused-ring (bicyclic) bond motifs is 9. The van der Waals surface area contributed by atoms with E-state index in [0.717, 1.165) is 30.3 Å². The van der Waals surface area contributed by atoms with Gasteiger partial charge in [0.05, 0.1) is 11.2 Å². The van der Waals surface area contributed by atoms with Crippen LogP contribution in [0.4, 0.5) is 0 Å². The molecule has 1 aromatic heterocycles. The lowest BCUT2D eigenvalue weighted by Gasteiger charge is -2.65. The third-order valence-electron chi connectivity index (χ3n) is 11.0. The lowest BCUT2D eigenvalue weighted by Crippen LogP contribution is -2.69. The molecule has 5 aliphatic rings. The monoisotopic (exact) mass is 517 g/mol. The fourth-order valence-electron chi connectivity index (χ4n) is 8.86. The summed E-state index contributed by atoms with van der Waals surface area (Å²) in [7, 11) is 0. The van der Waals surface area contributed by atoms with E-state index in [-0.39, 0.29) is 11.2 Å². The van der Waals surface area contributed by atoms with Crippen LogP contribution in [-0.2, 0) is 26.1 Å². The molecule has 3 aliphatic carbocycles. The molecule has 3 N–H and O–H groups in total. The van der Waals surface area contributed by atoms with Crippen molar-refractivity contribution in [1.29, 1.82) is 0 Å². The van der Waals surface area contributed by atoms with Gasteiger partial charge in [-0.1, -0.05) is 32.1 Å². The molecule has 0 radical (unpaired) electrons. The Bertz CT molecular complexity index is 1460. The smallest absolute Gasteiger partial charge is 0.195 e.